The molecule has 15 heavy (non-hydrogen) atoms. The molecule has 1 rings (SSSR count). The van der Waals surface area contributed by atoms with Crippen LogP contribution in [0.5, 0.6) is 0 Å². The van der Waals surface area contributed by atoms with E-state index in [0.29, 0.717) is 0 Å². The van der Waals surface area contributed by atoms with Crippen LogP contribution in [0.25, 0.3) is 11.6 Å². The average Bonchev–Trinajstić information content (AvgIpc) is 2.18. The van der Waals surface area contributed by atoms with Crippen LogP contribution in [-0.2, 0) is 6.54 Å². The Hall–Kier alpha value is -1.34. The van der Waals surface area contributed by atoms with Crippen molar-refractivity contribution in [1.29, 1.82) is 0 Å². The van der Waals surface area contributed by atoms with E-state index in [1.807, 2.05) is 20.9 Å². The standard InChI is InChI=1S/C14H19N/c1-5-6-12-7-13(10-15-4)9-14(8-12)11(2)3/h5-9,15H,2,10H2,1,3-4H3. The monoisotopic (exact) mass is 201 g/mol. The van der Waals surface area contributed by atoms with Crippen molar-refractivity contribution in [3.63, 3.8) is 0 Å². The first kappa shape index (κ1) is 11.7. The zero-order chi connectivity index (χ0) is 11.3. The van der Waals surface area contributed by atoms with E-state index in [2.05, 4.69) is 42.2 Å². The molecular formula is C14H19N. The van der Waals surface area contributed by atoms with E-state index in [-0.39, 0.29) is 0 Å². The van der Waals surface area contributed by atoms with Gasteiger partial charge in [-0.1, -0.05) is 36.4 Å². The van der Waals surface area contributed by atoms with Gasteiger partial charge in [-0.3, -0.25) is 0 Å². The Balaban J connectivity index is 3.13. The summed E-state index contributed by atoms with van der Waals surface area (Å²) in [6.07, 6.45) is 4.17. The van der Waals surface area contributed by atoms with Crippen LogP contribution in [0, 0.1) is 0 Å². The molecule has 0 fully saturated rings. The number of allylic oxidation sites excluding steroid dienone is 2. The minimum absolute atomic E-state index is 0.895. The molecule has 0 aliphatic rings. The van der Waals surface area contributed by atoms with E-state index >= 15 is 0 Å². The highest BCUT2D eigenvalue weighted by molar-refractivity contribution is 5.66. The van der Waals surface area contributed by atoms with Gasteiger partial charge in [0.1, 0.15) is 0 Å². The zero-order valence-electron chi connectivity index (χ0n) is 9.80. The third-order valence-electron chi connectivity index (χ3n) is 2.25. The topological polar surface area (TPSA) is 12.0 Å². The lowest BCUT2D eigenvalue weighted by atomic mass is 10.0. The summed E-state index contributed by atoms with van der Waals surface area (Å²) in [4.78, 5) is 0. The Morgan fingerprint density at radius 3 is 2.67 bits per heavy atom. The number of rotatable bonds is 4. The van der Waals surface area contributed by atoms with Gasteiger partial charge in [0.15, 0.2) is 0 Å². The third kappa shape index (κ3) is 3.37. The van der Waals surface area contributed by atoms with Crippen LogP contribution in [-0.4, -0.2) is 7.05 Å². The molecule has 0 aromatic heterocycles. The molecule has 0 amide bonds. The number of hydrogen-bond donors (Lipinski definition) is 1. The van der Waals surface area contributed by atoms with Crippen LogP contribution in [0.3, 0.4) is 0 Å². The molecule has 0 heterocycles. The minimum atomic E-state index is 0.895. The van der Waals surface area contributed by atoms with Gasteiger partial charge in [-0.05, 0) is 43.7 Å². The summed E-state index contributed by atoms with van der Waals surface area (Å²) in [7, 11) is 1.96. The Kier molecular flexibility index (Phi) is 4.32. The Morgan fingerprint density at radius 1 is 1.40 bits per heavy atom. The van der Waals surface area contributed by atoms with Gasteiger partial charge in [-0.15, -0.1) is 0 Å². The van der Waals surface area contributed by atoms with E-state index in [1.165, 1.54) is 16.7 Å². The van der Waals surface area contributed by atoms with Gasteiger partial charge in [-0.2, -0.15) is 0 Å². The molecule has 0 saturated carbocycles. The van der Waals surface area contributed by atoms with Gasteiger partial charge in [0.25, 0.3) is 0 Å². The van der Waals surface area contributed by atoms with Gasteiger partial charge in [0, 0.05) is 6.54 Å². The Bertz CT molecular complexity index is 375. The molecule has 0 aliphatic heterocycles. The molecule has 1 heteroatoms. The van der Waals surface area contributed by atoms with Crippen molar-refractivity contribution in [2.24, 2.45) is 0 Å². The van der Waals surface area contributed by atoms with E-state index in [0.717, 1.165) is 12.1 Å². The fourth-order valence-electron chi connectivity index (χ4n) is 1.56. The summed E-state index contributed by atoms with van der Waals surface area (Å²) in [6, 6.07) is 6.55. The molecule has 0 aliphatic carbocycles. The van der Waals surface area contributed by atoms with Crippen LogP contribution in [0.1, 0.15) is 30.5 Å². The van der Waals surface area contributed by atoms with Crippen molar-refractivity contribution in [3.8, 4) is 0 Å². The van der Waals surface area contributed by atoms with E-state index < -0.39 is 0 Å². The predicted molar refractivity (Wildman–Crippen MR) is 68.6 cm³/mol. The molecule has 1 aromatic carbocycles. The molecule has 1 aromatic rings. The normalized spacial score (nSPS) is 10.9. The van der Waals surface area contributed by atoms with E-state index in [1.54, 1.807) is 0 Å². The van der Waals surface area contributed by atoms with Gasteiger partial charge in [0.2, 0.25) is 0 Å². The molecule has 0 bridgehead atoms. The quantitative estimate of drug-likeness (QED) is 0.786. The Morgan fingerprint density at radius 2 is 2.13 bits per heavy atom. The zero-order valence-corrected chi connectivity index (χ0v) is 9.80. The van der Waals surface area contributed by atoms with Crippen molar-refractivity contribution in [2.45, 2.75) is 20.4 Å². The average molecular weight is 201 g/mol. The van der Waals surface area contributed by atoms with Crippen molar-refractivity contribution in [1.82, 2.24) is 5.32 Å². The lowest BCUT2D eigenvalue weighted by molar-refractivity contribution is 0.817. The summed E-state index contributed by atoms with van der Waals surface area (Å²) in [5.74, 6) is 0. The minimum Gasteiger partial charge on any atom is -0.316 e. The van der Waals surface area contributed by atoms with Crippen LogP contribution in [0.2, 0.25) is 0 Å². The molecule has 0 unspecified atom stereocenters. The molecule has 0 spiro atoms. The highest BCUT2D eigenvalue weighted by Gasteiger charge is 1.99. The predicted octanol–water partition coefficient (Wildman–Crippen LogP) is 3.47. The van der Waals surface area contributed by atoms with Gasteiger partial charge in [0.05, 0.1) is 0 Å². The molecule has 1 N–H and O–H groups in total. The van der Waals surface area contributed by atoms with Crippen molar-refractivity contribution in [2.75, 3.05) is 7.05 Å². The molecular weight excluding hydrogens is 182 g/mol. The van der Waals surface area contributed by atoms with Crippen molar-refractivity contribution < 1.29 is 0 Å². The van der Waals surface area contributed by atoms with Gasteiger partial charge in [-0.25, -0.2) is 0 Å². The Labute approximate surface area is 92.5 Å². The van der Waals surface area contributed by atoms with Crippen LogP contribution < -0.4 is 5.32 Å². The fourth-order valence-corrected chi connectivity index (χ4v) is 1.56. The molecule has 80 valence electrons. The summed E-state index contributed by atoms with van der Waals surface area (Å²) in [5, 5.41) is 3.17. The maximum absolute atomic E-state index is 3.98. The summed E-state index contributed by atoms with van der Waals surface area (Å²) in [6.45, 7) is 8.95. The summed E-state index contributed by atoms with van der Waals surface area (Å²) >= 11 is 0. The molecule has 0 radical (unpaired) electrons. The number of benzene rings is 1. The first-order valence-electron chi connectivity index (χ1n) is 5.24. The lowest BCUT2D eigenvalue weighted by Gasteiger charge is -2.07. The smallest absolute Gasteiger partial charge is 0.0202 e. The van der Waals surface area contributed by atoms with Crippen molar-refractivity contribution >= 4 is 11.6 Å². The van der Waals surface area contributed by atoms with Crippen LogP contribution in [0.15, 0.2) is 30.9 Å². The highest BCUT2D eigenvalue weighted by atomic mass is 14.8. The first-order chi connectivity index (χ1) is 7.17. The molecule has 0 atom stereocenters. The van der Waals surface area contributed by atoms with Crippen LogP contribution >= 0.6 is 0 Å². The second-order valence-electron chi connectivity index (χ2n) is 3.77. The number of hydrogen-bond acceptors (Lipinski definition) is 1. The maximum atomic E-state index is 3.98. The summed E-state index contributed by atoms with van der Waals surface area (Å²) in [5.41, 5.74) is 4.86. The molecule has 0 saturated heterocycles. The van der Waals surface area contributed by atoms with Gasteiger partial charge >= 0.3 is 0 Å². The fraction of sp³-hybridized carbons (Fsp3) is 0.286. The SMILES string of the molecule is C=C(C)c1cc(C=CC)cc(CNC)c1. The molecule has 1 nitrogen and oxygen atoms in total. The first-order valence-corrected chi connectivity index (χ1v) is 5.24. The second-order valence-corrected chi connectivity index (χ2v) is 3.77. The second kappa shape index (κ2) is 5.52. The highest BCUT2D eigenvalue weighted by Crippen LogP contribution is 2.17. The maximum Gasteiger partial charge on any atom is 0.0202 e. The largest absolute Gasteiger partial charge is 0.316 e. The summed E-state index contributed by atoms with van der Waals surface area (Å²) < 4.78 is 0. The lowest BCUT2D eigenvalue weighted by Crippen LogP contribution is -2.05. The number of nitrogens with one attached hydrogen (secondary N) is 1. The van der Waals surface area contributed by atoms with Crippen molar-refractivity contribution in [3.05, 3.63) is 47.5 Å². The third-order valence-corrected chi connectivity index (χ3v) is 2.25. The van der Waals surface area contributed by atoms with E-state index in [9.17, 15) is 0 Å². The van der Waals surface area contributed by atoms with Crippen LogP contribution in [0.4, 0.5) is 0 Å². The van der Waals surface area contributed by atoms with Gasteiger partial charge < -0.3 is 5.32 Å². The van der Waals surface area contributed by atoms with E-state index in [4.69, 9.17) is 0 Å².